The Labute approximate surface area is 113 Å². The highest BCUT2D eigenvalue weighted by Crippen LogP contribution is 2.22. The molecule has 0 fully saturated rings. The molecule has 0 spiro atoms. The second-order valence-electron chi connectivity index (χ2n) is 3.71. The standard InChI is InChI=1S/C10H10ClFN4O2S/c11-8-3-7(12)1-2-9(8)19(17,18)15-5-6-4-14-16-10(6)13/h1-4,15H,5H2,(H3,13,14,16). The summed E-state index contributed by atoms with van der Waals surface area (Å²) >= 11 is 5.70. The lowest BCUT2D eigenvalue weighted by atomic mass is 10.3. The number of anilines is 1. The zero-order valence-electron chi connectivity index (χ0n) is 9.52. The van der Waals surface area contributed by atoms with Gasteiger partial charge in [-0.2, -0.15) is 5.10 Å². The highest BCUT2D eigenvalue weighted by atomic mass is 35.5. The molecule has 0 atom stereocenters. The van der Waals surface area contributed by atoms with Crippen LogP contribution in [0, 0.1) is 5.82 Å². The second kappa shape index (κ2) is 5.16. The van der Waals surface area contributed by atoms with E-state index in [1.165, 1.54) is 6.20 Å². The summed E-state index contributed by atoms with van der Waals surface area (Å²) in [4.78, 5) is -0.197. The summed E-state index contributed by atoms with van der Waals surface area (Å²) < 4.78 is 39.1. The predicted octanol–water partition coefficient (Wildman–Crippen LogP) is 1.26. The molecule has 1 heterocycles. The van der Waals surface area contributed by atoms with Crippen LogP contribution in [0.25, 0.3) is 0 Å². The maximum atomic E-state index is 12.9. The van der Waals surface area contributed by atoms with Crippen molar-refractivity contribution in [2.75, 3.05) is 5.73 Å². The minimum absolute atomic E-state index is 0.0433. The van der Waals surface area contributed by atoms with Gasteiger partial charge in [-0.1, -0.05) is 11.6 Å². The number of nitrogens with zero attached hydrogens (tertiary/aromatic N) is 1. The van der Waals surface area contributed by atoms with Crippen molar-refractivity contribution in [1.82, 2.24) is 14.9 Å². The molecule has 0 radical (unpaired) electrons. The molecule has 1 aromatic carbocycles. The molecular formula is C10H10ClFN4O2S. The van der Waals surface area contributed by atoms with E-state index in [0.29, 0.717) is 5.56 Å². The van der Waals surface area contributed by atoms with Gasteiger partial charge >= 0.3 is 0 Å². The van der Waals surface area contributed by atoms with Gasteiger partial charge in [0, 0.05) is 12.1 Å². The van der Waals surface area contributed by atoms with Crippen LogP contribution in [0.5, 0.6) is 0 Å². The van der Waals surface area contributed by atoms with Crippen molar-refractivity contribution in [2.24, 2.45) is 0 Å². The Morgan fingerprint density at radius 2 is 2.21 bits per heavy atom. The number of nitrogens with one attached hydrogen (secondary N) is 2. The molecule has 0 saturated carbocycles. The molecule has 19 heavy (non-hydrogen) atoms. The van der Waals surface area contributed by atoms with E-state index in [1.807, 2.05) is 0 Å². The highest BCUT2D eigenvalue weighted by Gasteiger charge is 2.18. The van der Waals surface area contributed by atoms with Gasteiger partial charge < -0.3 is 5.73 Å². The number of aromatic nitrogens is 2. The third kappa shape index (κ3) is 3.03. The van der Waals surface area contributed by atoms with Crippen LogP contribution in [0.2, 0.25) is 5.02 Å². The van der Waals surface area contributed by atoms with E-state index in [-0.39, 0.29) is 22.3 Å². The fourth-order valence-corrected chi connectivity index (χ4v) is 2.94. The van der Waals surface area contributed by atoms with Crippen molar-refractivity contribution in [3.05, 3.63) is 40.8 Å². The number of hydrogen-bond acceptors (Lipinski definition) is 4. The average molecular weight is 305 g/mol. The van der Waals surface area contributed by atoms with Crippen molar-refractivity contribution in [2.45, 2.75) is 11.4 Å². The lowest BCUT2D eigenvalue weighted by Gasteiger charge is -2.07. The Balaban J connectivity index is 2.21. The van der Waals surface area contributed by atoms with Crippen LogP contribution in [0.4, 0.5) is 10.2 Å². The van der Waals surface area contributed by atoms with E-state index in [1.54, 1.807) is 0 Å². The van der Waals surface area contributed by atoms with Crippen LogP contribution in [0.3, 0.4) is 0 Å². The highest BCUT2D eigenvalue weighted by molar-refractivity contribution is 7.89. The molecule has 2 rings (SSSR count). The van der Waals surface area contributed by atoms with Gasteiger partial charge in [-0.25, -0.2) is 17.5 Å². The lowest BCUT2D eigenvalue weighted by Crippen LogP contribution is -2.23. The smallest absolute Gasteiger partial charge is 0.242 e. The van der Waals surface area contributed by atoms with E-state index < -0.39 is 15.8 Å². The molecule has 0 unspecified atom stereocenters. The van der Waals surface area contributed by atoms with E-state index in [0.717, 1.165) is 18.2 Å². The third-order valence-electron chi connectivity index (χ3n) is 2.39. The zero-order chi connectivity index (χ0) is 14.0. The van der Waals surface area contributed by atoms with Gasteiger partial charge in [0.25, 0.3) is 0 Å². The Bertz CT molecular complexity index is 701. The van der Waals surface area contributed by atoms with Crippen LogP contribution >= 0.6 is 11.6 Å². The molecule has 4 N–H and O–H groups in total. The number of H-pyrrole nitrogens is 1. The first-order valence-corrected chi connectivity index (χ1v) is 6.98. The van der Waals surface area contributed by atoms with Crippen LogP contribution in [0.15, 0.2) is 29.3 Å². The average Bonchev–Trinajstić information content (AvgIpc) is 2.72. The molecule has 2 aromatic rings. The van der Waals surface area contributed by atoms with Gasteiger partial charge in [0.05, 0.1) is 11.2 Å². The molecule has 6 nitrogen and oxygen atoms in total. The fourth-order valence-electron chi connectivity index (χ4n) is 1.41. The first-order chi connectivity index (χ1) is 8.90. The van der Waals surface area contributed by atoms with Crippen molar-refractivity contribution >= 4 is 27.4 Å². The Kier molecular flexibility index (Phi) is 3.74. The summed E-state index contributed by atoms with van der Waals surface area (Å²) in [6, 6.07) is 3.05. The molecule has 102 valence electrons. The summed E-state index contributed by atoms with van der Waals surface area (Å²) in [6.07, 6.45) is 1.41. The number of hydrogen-bond donors (Lipinski definition) is 3. The largest absolute Gasteiger partial charge is 0.384 e. The zero-order valence-corrected chi connectivity index (χ0v) is 11.1. The minimum atomic E-state index is -3.85. The quantitative estimate of drug-likeness (QED) is 0.791. The topological polar surface area (TPSA) is 101 Å². The summed E-state index contributed by atoms with van der Waals surface area (Å²) in [5.74, 6) is -0.337. The van der Waals surface area contributed by atoms with Crippen LogP contribution in [-0.4, -0.2) is 18.6 Å². The Morgan fingerprint density at radius 3 is 2.79 bits per heavy atom. The molecule has 1 aromatic heterocycles. The Hall–Kier alpha value is -1.64. The molecular weight excluding hydrogens is 295 g/mol. The van der Waals surface area contributed by atoms with E-state index >= 15 is 0 Å². The van der Waals surface area contributed by atoms with Gasteiger partial charge in [0.15, 0.2) is 0 Å². The normalized spacial score (nSPS) is 11.7. The monoisotopic (exact) mass is 304 g/mol. The molecule has 0 bridgehead atoms. The van der Waals surface area contributed by atoms with Crippen molar-refractivity contribution in [3.63, 3.8) is 0 Å². The summed E-state index contributed by atoms with van der Waals surface area (Å²) in [5, 5.41) is 5.96. The first kappa shape index (κ1) is 13.8. The Morgan fingerprint density at radius 1 is 1.47 bits per heavy atom. The number of nitrogen functional groups attached to an aromatic ring is 1. The maximum absolute atomic E-state index is 12.9. The van der Waals surface area contributed by atoms with Crippen LogP contribution < -0.4 is 10.5 Å². The number of aromatic amines is 1. The molecule has 0 amide bonds. The molecule has 0 aliphatic rings. The fraction of sp³-hybridized carbons (Fsp3) is 0.100. The van der Waals surface area contributed by atoms with Gasteiger partial charge in [0.2, 0.25) is 10.0 Å². The van der Waals surface area contributed by atoms with E-state index in [2.05, 4.69) is 14.9 Å². The molecule has 0 aliphatic carbocycles. The summed E-state index contributed by atoms with van der Waals surface area (Å²) in [5.41, 5.74) is 6.03. The number of halogens is 2. The molecule has 0 saturated heterocycles. The third-order valence-corrected chi connectivity index (χ3v) is 4.27. The van der Waals surface area contributed by atoms with Gasteiger partial charge in [0.1, 0.15) is 16.5 Å². The summed E-state index contributed by atoms with van der Waals surface area (Å²) in [7, 11) is -3.85. The number of nitrogens with two attached hydrogens (primary N) is 1. The SMILES string of the molecule is Nc1[nH]ncc1CNS(=O)(=O)c1ccc(F)cc1Cl. The first-order valence-electron chi connectivity index (χ1n) is 5.12. The van der Waals surface area contributed by atoms with Gasteiger partial charge in [-0.3, -0.25) is 5.10 Å². The number of rotatable bonds is 4. The molecule has 0 aliphatic heterocycles. The van der Waals surface area contributed by atoms with Gasteiger partial charge in [-0.15, -0.1) is 0 Å². The van der Waals surface area contributed by atoms with Crippen LogP contribution in [-0.2, 0) is 16.6 Å². The number of benzene rings is 1. The van der Waals surface area contributed by atoms with E-state index in [9.17, 15) is 12.8 Å². The van der Waals surface area contributed by atoms with Crippen LogP contribution in [0.1, 0.15) is 5.56 Å². The van der Waals surface area contributed by atoms with E-state index in [4.69, 9.17) is 17.3 Å². The van der Waals surface area contributed by atoms with Crippen molar-refractivity contribution in [3.8, 4) is 0 Å². The summed E-state index contributed by atoms with van der Waals surface area (Å²) in [6.45, 7) is -0.0433. The lowest BCUT2D eigenvalue weighted by molar-refractivity contribution is 0.580. The van der Waals surface area contributed by atoms with Gasteiger partial charge in [-0.05, 0) is 18.2 Å². The number of sulfonamides is 1. The minimum Gasteiger partial charge on any atom is -0.384 e. The second-order valence-corrected chi connectivity index (χ2v) is 5.85. The van der Waals surface area contributed by atoms with Crippen molar-refractivity contribution in [1.29, 1.82) is 0 Å². The maximum Gasteiger partial charge on any atom is 0.242 e. The predicted molar refractivity (Wildman–Crippen MR) is 68.4 cm³/mol. The van der Waals surface area contributed by atoms with Crippen molar-refractivity contribution < 1.29 is 12.8 Å². The molecule has 9 heteroatoms.